The summed E-state index contributed by atoms with van der Waals surface area (Å²) in [5, 5.41) is 1.14. The Morgan fingerprint density at radius 1 is 1.30 bits per heavy atom. The number of rotatable bonds is 6. The molecule has 0 unspecified atom stereocenters. The van der Waals surface area contributed by atoms with Gasteiger partial charge in [-0.15, -0.1) is 0 Å². The van der Waals surface area contributed by atoms with Crippen molar-refractivity contribution >= 4 is 22.5 Å². The molecule has 0 aliphatic heterocycles. The van der Waals surface area contributed by atoms with E-state index < -0.39 is 0 Å². The lowest BCUT2D eigenvalue weighted by Crippen LogP contribution is -2.24. The summed E-state index contributed by atoms with van der Waals surface area (Å²) in [4.78, 5) is 17.0. The van der Waals surface area contributed by atoms with Crippen LogP contribution in [0.3, 0.4) is 0 Å². The maximum Gasteiger partial charge on any atom is 0.299 e. The first kappa shape index (κ1) is 14.9. The Hall–Kier alpha value is -1.55. The van der Waals surface area contributed by atoms with Crippen molar-refractivity contribution in [3.63, 3.8) is 0 Å². The average molecular weight is 295 g/mol. The summed E-state index contributed by atoms with van der Waals surface area (Å²) in [6, 6.07) is 5.52. The molecule has 1 aromatic carbocycles. The quantitative estimate of drug-likeness (QED) is 0.817. The largest absolute Gasteiger partial charge is 0.465 e. The van der Waals surface area contributed by atoms with Gasteiger partial charge in [0.25, 0.3) is 11.6 Å². The zero-order chi connectivity index (χ0) is 14.5. The Morgan fingerprint density at radius 2 is 2.10 bits per heavy atom. The summed E-state index contributed by atoms with van der Waals surface area (Å²) in [5.74, 6) is 0. The third-order valence-corrected chi connectivity index (χ3v) is 3.29. The summed E-state index contributed by atoms with van der Waals surface area (Å²) in [7, 11) is 0. The molecule has 1 aromatic heterocycles. The average Bonchev–Trinajstić information content (AvgIpc) is 2.44. The van der Waals surface area contributed by atoms with Gasteiger partial charge in [0.15, 0.2) is 0 Å². The van der Waals surface area contributed by atoms with E-state index >= 15 is 0 Å². The van der Waals surface area contributed by atoms with Gasteiger partial charge in [0.1, 0.15) is 0 Å². The maximum atomic E-state index is 12.5. The molecule has 0 atom stereocenters. The minimum absolute atomic E-state index is 0.0637. The highest BCUT2D eigenvalue weighted by Gasteiger charge is 2.12. The van der Waals surface area contributed by atoms with E-state index in [0.717, 1.165) is 19.3 Å². The van der Waals surface area contributed by atoms with Gasteiger partial charge >= 0.3 is 0 Å². The minimum atomic E-state index is -0.0637. The van der Waals surface area contributed by atoms with Crippen LogP contribution in [0.1, 0.15) is 33.1 Å². The lowest BCUT2D eigenvalue weighted by molar-refractivity contribution is 0.271. The lowest BCUT2D eigenvalue weighted by Gasteiger charge is -2.13. The molecule has 4 nitrogen and oxygen atoms in total. The summed E-state index contributed by atoms with van der Waals surface area (Å²) in [6.45, 7) is 5.28. The van der Waals surface area contributed by atoms with Crippen LogP contribution in [-0.2, 0) is 6.54 Å². The molecular weight excluding hydrogens is 276 g/mol. The Morgan fingerprint density at radius 3 is 2.80 bits per heavy atom. The Balaban J connectivity index is 2.56. The zero-order valence-corrected chi connectivity index (χ0v) is 12.6. The molecule has 0 amide bonds. The second kappa shape index (κ2) is 6.75. The van der Waals surface area contributed by atoms with E-state index in [0.29, 0.717) is 35.1 Å². The maximum absolute atomic E-state index is 12.5. The molecular formula is C15H19ClN2O2. The van der Waals surface area contributed by atoms with E-state index in [1.165, 1.54) is 0 Å². The van der Waals surface area contributed by atoms with Crippen molar-refractivity contribution in [1.29, 1.82) is 0 Å². The first-order valence-electron chi connectivity index (χ1n) is 7.00. The highest BCUT2D eigenvalue weighted by Crippen LogP contribution is 2.18. The summed E-state index contributed by atoms with van der Waals surface area (Å²) < 4.78 is 7.24. The number of unbranched alkanes of at least 4 members (excludes halogenated alkanes) is 1. The number of fused-ring (bicyclic) bond motifs is 1. The van der Waals surface area contributed by atoms with Crippen LogP contribution in [0.2, 0.25) is 5.02 Å². The fraction of sp³-hybridized carbons (Fsp3) is 0.467. The van der Waals surface area contributed by atoms with Crippen molar-refractivity contribution in [3.8, 4) is 6.01 Å². The zero-order valence-electron chi connectivity index (χ0n) is 11.9. The van der Waals surface area contributed by atoms with Crippen LogP contribution in [0, 0.1) is 0 Å². The Bertz CT molecular complexity index is 652. The third-order valence-electron chi connectivity index (χ3n) is 3.05. The van der Waals surface area contributed by atoms with E-state index in [2.05, 4.69) is 11.9 Å². The molecule has 2 rings (SSSR count). The molecule has 0 saturated carbocycles. The number of ether oxygens (including phenoxy) is 1. The molecule has 1 heterocycles. The molecule has 0 spiro atoms. The van der Waals surface area contributed by atoms with Crippen LogP contribution >= 0.6 is 11.6 Å². The van der Waals surface area contributed by atoms with Crippen molar-refractivity contribution < 1.29 is 4.74 Å². The molecule has 0 aliphatic carbocycles. The normalized spacial score (nSPS) is 10.9. The van der Waals surface area contributed by atoms with E-state index in [4.69, 9.17) is 16.3 Å². The Labute approximate surface area is 123 Å². The summed E-state index contributed by atoms with van der Waals surface area (Å²) >= 11 is 5.96. The third kappa shape index (κ3) is 3.12. The van der Waals surface area contributed by atoms with Crippen LogP contribution in [0.5, 0.6) is 6.01 Å². The van der Waals surface area contributed by atoms with Crippen molar-refractivity contribution in [2.24, 2.45) is 0 Å². The molecule has 0 bridgehead atoms. The van der Waals surface area contributed by atoms with Gasteiger partial charge in [-0.2, -0.15) is 4.98 Å². The summed E-state index contributed by atoms with van der Waals surface area (Å²) in [6.07, 6.45) is 2.80. The minimum Gasteiger partial charge on any atom is -0.465 e. The predicted molar refractivity (Wildman–Crippen MR) is 81.7 cm³/mol. The number of hydrogen-bond donors (Lipinski definition) is 0. The van der Waals surface area contributed by atoms with Crippen LogP contribution in [-0.4, -0.2) is 16.2 Å². The highest BCUT2D eigenvalue weighted by atomic mass is 35.5. The second-order valence-corrected chi connectivity index (χ2v) is 5.15. The van der Waals surface area contributed by atoms with Gasteiger partial charge in [-0.3, -0.25) is 9.36 Å². The predicted octanol–water partition coefficient (Wildman–Crippen LogP) is 3.64. The van der Waals surface area contributed by atoms with Gasteiger partial charge in [0.05, 0.1) is 17.5 Å². The highest BCUT2D eigenvalue weighted by molar-refractivity contribution is 6.31. The van der Waals surface area contributed by atoms with E-state index in [1.54, 1.807) is 22.8 Å². The van der Waals surface area contributed by atoms with E-state index in [9.17, 15) is 4.79 Å². The van der Waals surface area contributed by atoms with Crippen molar-refractivity contribution in [3.05, 3.63) is 33.6 Å². The molecule has 0 aliphatic rings. The first-order valence-corrected chi connectivity index (χ1v) is 7.38. The summed E-state index contributed by atoms with van der Waals surface area (Å²) in [5.41, 5.74) is 0.521. The fourth-order valence-electron chi connectivity index (χ4n) is 1.99. The smallest absolute Gasteiger partial charge is 0.299 e. The second-order valence-electron chi connectivity index (χ2n) is 4.71. The number of hydrogen-bond acceptors (Lipinski definition) is 3. The van der Waals surface area contributed by atoms with Gasteiger partial charge < -0.3 is 4.74 Å². The monoisotopic (exact) mass is 294 g/mol. The van der Waals surface area contributed by atoms with E-state index in [-0.39, 0.29) is 5.56 Å². The standard InChI is InChI=1S/C15H19ClN2O2/c1-3-5-8-18-14(19)12-7-6-11(16)10-13(12)17-15(18)20-9-4-2/h6-7,10H,3-5,8-9H2,1-2H3. The molecule has 0 saturated heterocycles. The van der Waals surface area contributed by atoms with Gasteiger partial charge in [0.2, 0.25) is 0 Å². The number of nitrogens with zero attached hydrogens (tertiary/aromatic N) is 2. The van der Waals surface area contributed by atoms with Gasteiger partial charge in [-0.05, 0) is 31.0 Å². The van der Waals surface area contributed by atoms with Gasteiger partial charge in [0, 0.05) is 11.6 Å². The molecule has 5 heteroatoms. The fourth-order valence-corrected chi connectivity index (χ4v) is 2.16. The number of aromatic nitrogens is 2. The first-order chi connectivity index (χ1) is 9.67. The van der Waals surface area contributed by atoms with Crippen molar-refractivity contribution in [2.75, 3.05) is 6.61 Å². The Kier molecular flexibility index (Phi) is 5.01. The molecule has 2 aromatic rings. The van der Waals surface area contributed by atoms with E-state index in [1.807, 2.05) is 6.92 Å². The lowest BCUT2D eigenvalue weighted by atomic mass is 10.2. The van der Waals surface area contributed by atoms with Crippen LogP contribution in [0.15, 0.2) is 23.0 Å². The topological polar surface area (TPSA) is 44.1 Å². The van der Waals surface area contributed by atoms with Crippen LogP contribution < -0.4 is 10.3 Å². The van der Waals surface area contributed by atoms with Crippen molar-refractivity contribution in [1.82, 2.24) is 9.55 Å². The number of benzene rings is 1. The van der Waals surface area contributed by atoms with Crippen LogP contribution in [0.4, 0.5) is 0 Å². The molecule has 0 fully saturated rings. The van der Waals surface area contributed by atoms with Crippen molar-refractivity contribution in [2.45, 2.75) is 39.7 Å². The molecule has 108 valence electrons. The van der Waals surface area contributed by atoms with Gasteiger partial charge in [-0.25, -0.2) is 0 Å². The van der Waals surface area contributed by atoms with Gasteiger partial charge in [-0.1, -0.05) is 31.9 Å². The molecule has 20 heavy (non-hydrogen) atoms. The number of halogens is 1. The molecule has 0 N–H and O–H groups in total. The SMILES string of the molecule is CCCCn1c(OCCC)nc2cc(Cl)ccc2c1=O. The molecule has 0 radical (unpaired) electrons. The van der Waals surface area contributed by atoms with Crippen LogP contribution in [0.25, 0.3) is 10.9 Å².